The topological polar surface area (TPSA) is 147 Å². The van der Waals surface area contributed by atoms with Crippen molar-refractivity contribution in [2.24, 2.45) is 17.4 Å². The average Bonchev–Trinajstić information content (AvgIpc) is 3.55. The van der Waals surface area contributed by atoms with Crippen LogP contribution in [0, 0.1) is 5.92 Å². The van der Waals surface area contributed by atoms with E-state index in [-0.39, 0.29) is 59.4 Å². The number of benzene rings is 2. The number of alkyl halides is 3. The number of nitrogens with one attached hydrogen (secondary N) is 2. The molecule has 0 bridgehead atoms. The van der Waals surface area contributed by atoms with Crippen LogP contribution in [0.4, 0.5) is 13.2 Å². The number of likely N-dealkylation sites (N-methyl/N-ethyl adjacent to an activating group) is 1. The van der Waals surface area contributed by atoms with E-state index < -0.39 is 35.5 Å². The summed E-state index contributed by atoms with van der Waals surface area (Å²) in [6.07, 6.45) is 2.31. The molecule has 5 rings (SSSR count). The van der Waals surface area contributed by atoms with Crippen molar-refractivity contribution in [3.8, 4) is 0 Å². The predicted octanol–water partition coefficient (Wildman–Crippen LogP) is 6.87. The first kappa shape index (κ1) is 40.4. The van der Waals surface area contributed by atoms with Crippen LogP contribution < -0.4 is 16.8 Å². The Hall–Kier alpha value is -3.75. The molecule has 0 aliphatic carbocycles. The molecule has 1 amide bonds. The fourth-order valence-corrected chi connectivity index (χ4v) is 8.38. The summed E-state index contributed by atoms with van der Waals surface area (Å²) in [5.74, 6) is -1.68. The summed E-state index contributed by atoms with van der Waals surface area (Å²) in [6, 6.07) is 9.79. The number of halogens is 4. The number of unbranched alkanes of at least 4 members (excludes halogenated alkanes) is 1. The minimum atomic E-state index is -4.72. The van der Waals surface area contributed by atoms with Gasteiger partial charge in [-0.3, -0.25) is 19.4 Å². The molecular weight excluding hydrogens is 725 g/mol. The number of pyridine rings is 1. The molecule has 0 saturated heterocycles. The summed E-state index contributed by atoms with van der Waals surface area (Å²) in [5.41, 5.74) is 13.0. The number of para-hydroxylation sites is 1. The van der Waals surface area contributed by atoms with E-state index in [1.807, 2.05) is 24.3 Å². The molecule has 3 heterocycles. The maximum atomic E-state index is 14.6. The van der Waals surface area contributed by atoms with Crippen molar-refractivity contribution in [2.45, 2.75) is 92.4 Å². The van der Waals surface area contributed by atoms with Crippen LogP contribution in [0.2, 0.25) is 5.02 Å². The molecule has 6 N–H and O–H groups in total. The molecule has 1 aliphatic heterocycles. The van der Waals surface area contributed by atoms with Crippen molar-refractivity contribution in [3.63, 3.8) is 0 Å². The zero-order chi connectivity index (χ0) is 38.1. The summed E-state index contributed by atoms with van der Waals surface area (Å²) in [7, 11) is 1.55. The molecule has 0 saturated carbocycles. The van der Waals surface area contributed by atoms with Crippen molar-refractivity contribution >= 4 is 51.7 Å². The summed E-state index contributed by atoms with van der Waals surface area (Å²) >= 11 is 7.69. The van der Waals surface area contributed by atoms with Crippen LogP contribution in [0.5, 0.6) is 0 Å². The predicted molar refractivity (Wildman–Crippen MR) is 202 cm³/mol. The number of hydrogen-bond donors (Lipinski definition) is 4. The second-order valence-electron chi connectivity index (χ2n) is 13.5. The highest BCUT2D eigenvalue weighted by atomic mass is 35.5. The van der Waals surface area contributed by atoms with E-state index in [4.69, 9.17) is 23.1 Å². The van der Waals surface area contributed by atoms with E-state index in [2.05, 4.69) is 15.3 Å². The number of nitrogens with two attached hydrogens (primary N) is 2. The average molecular weight is 771 g/mol. The highest BCUT2D eigenvalue weighted by Crippen LogP contribution is 2.44. The fourth-order valence-electron chi connectivity index (χ4n) is 6.98. The van der Waals surface area contributed by atoms with E-state index >= 15 is 0 Å². The Kier molecular flexibility index (Phi) is 14.1. The fraction of sp³-hybridized carbons (Fsp3) is 0.436. The number of Topliss-reactive ketones (excluding diaryl/α,β-unsaturated/α-hetero) is 2. The summed E-state index contributed by atoms with van der Waals surface area (Å²) < 4.78 is 43.8. The first-order valence-corrected chi connectivity index (χ1v) is 19.1. The zero-order valence-electron chi connectivity index (χ0n) is 29.7. The van der Waals surface area contributed by atoms with Crippen LogP contribution >= 0.6 is 23.4 Å². The Morgan fingerprint density at radius 1 is 0.981 bits per heavy atom. The molecule has 9 nitrogen and oxygen atoms in total. The van der Waals surface area contributed by atoms with Crippen LogP contribution in [0.15, 0.2) is 70.8 Å². The van der Waals surface area contributed by atoms with Crippen LogP contribution in [-0.4, -0.2) is 64.6 Å². The monoisotopic (exact) mass is 770 g/mol. The third kappa shape index (κ3) is 10.1. The Balaban J connectivity index is 1.63. The lowest BCUT2D eigenvalue weighted by Crippen LogP contribution is -2.47. The van der Waals surface area contributed by atoms with Crippen molar-refractivity contribution in [1.29, 1.82) is 0 Å². The number of fused-ring (bicyclic) bond motifs is 3. The van der Waals surface area contributed by atoms with Gasteiger partial charge in [-0.25, -0.2) is 0 Å². The molecule has 2 aromatic carbocycles. The molecule has 0 spiro atoms. The van der Waals surface area contributed by atoms with Gasteiger partial charge in [0.2, 0.25) is 5.91 Å². The molecule has 0 radical (unpaired) electrons. The number of hydrogen-bond acceptors (Lipinski definition) is 8. The van der Waals surface area contributed by atoms with E-state index in [0.29, 0.717) is 55.7 Å². The molecule has 3 atom stereocenters. The van der Waals surface area contributed by atoms with Gasteiger partial charge in [-0.05, 0) is 86.1 Å². The van der Waals surface area contributed by atoms with Gasteiger partial charge in [0.25, 0.3) is 0 Å². The lowest BCUT2D eigenvalue weighted by Gasteiger charge is -2.31. The third-order valence-electron chi connectivity index (χ3n) is 9.92. The number of nitrogens with zero attached hydrogens (tertiary/aromatic N) is 2. The summed E-state index contributed by atoms with van der Waals surface area (Å²) in [6.45, 7) is 0.983. The van der Waals surface area contributed by atoms with E-state index in [9.17, 15) is 27.6 Å². The number of H-pyrrole nitrogens is 1. The minimum Gasteiger partial charge on any atom is -0.361 e. The number of amides is 1. The van der Waals surface area contributed by atoms with Crippen molar-refractivity contribution in [3.05, 3.63) is 88.3 Å². The Bertz CT molecular complexity index is 1900. The number of aromatic nitrogens is 2. The molecule has 53 heavy (non-hydrogen) atoms. The SMILES string of the molecule is CN1C(=O)[C@H](CCCCN)CC(=O)[C@H](CCCN)NCc2ccncc2Sc2c(Cl)ccc(C(F)(F)F)c2CCC(=O)[C@@H]1Cc1c[nH]c2ccccc12. The Morgan fingerprint density at radius 3 is 2.51 bits per heavy atom. The molecule has 4 aromatic rings. The maximum absolute atomic E-state index is 14.6. The van der Waals surface area contributed by atoms with Gasteiger partial charge in [0.05, 0.1) is 22.7 Å². The van der Waals surface area contributed by atoms with Crippen molar-refractivity contribution < 1.29 is 27.6 Å². The van der Waals surface area contributed by atoms with Gasteiger partial charge in [-0.2, -0.15) is 13.2 Å². The van der Waals surface area contributed by atoms with Crippen LogP contribution in [0.1, 0.15) is 67.2 Å². The quantitative estimate of drug-likeness (QED) is 0.135. The molecule has 1 aliphatic rings. The Labute approximate surface area is 316 Å². The normalized spacial score (nSPS) is 19.6. The number of carbonyl (C=O) groups excluding carboxylic acids is 3. The number of ketones is 2. The first-order valence-electron chi connectivity index (χ1n) is 17.9. The standard InChI is InChI=1S/C39H46ClF3N6O3S/c1-49-33(19-26-22-47-31-9-3-2-8-27(26)31)34(50)14-11-28-29(39(41,42)43)12-13-30(40)37(28)53-36-23-46-18-15-25(36)21-48-32(10-6-17-45)35(51)20-24(38(49)52)7-4-5-16-44/h2-3,8-9,12-13,15,18,22-24,32-33,47-48H,4-7,10-11,14,16-17,19-21,44-45H2,1H3/t24-,32+,33+/m1/s1. The smallest absolute Gasteiger partial charge is 0.361 e. The lowest BCUT2D eigenvalue weighted by molar-refractivity contribution is -0.143. The van der Waals surface area contributed by atoms with Gasteiger partial charge in [-0.1, -0.05) is 48.0 Å². The number of carbonyl (C=O) groups is 3. The van der Waals surface area contributed by atoms with Gasteiger partial charge in [-0.15, -0.1) is 0 Å². The van der Waals surface area contributed by atoms with Crippen molar-refractivity contribution in [1.82, 2.24) is 20.2 Å². The van der Waals surface area contributed by atoms with Crippen LogP contribution in [0.3, 0.4) is 0 Å². The number of aromatic amines is 1. The molecular formula is C39H46ClF3N6O3S. The van der Waals surface area contributed by atoms with E-state index in [1.165, 1.54) is 11.0 Å². The van der Waals surface area contributed by atoms with Gasteiger partial charge in [0.15, 0.2) is 11.6 Å². The summed E-state index contributed by atoms with van der Waals surface area (Å²) in [4.78, 5) is 52.5. The second kappa shape index (κ2) is 18.5. The number of rotatable bonds is 9. The highest BCUT2D eigenvalue weighted by molar-refractivity contribution is 7.99. The first-order chi connectivity index (χ1) is 25.4. The lowest BCUT2D eigenvalue weighted by atomic mass is 9.89. The van der Waals surface area contributed by atoms with Gasteiger partial charge in [0, 0.05) is 78.1 Å². The molecule has 0 fully saturated rings. The largest absolute Gasteiger partial charge is 0.416 e. The molecule has 0 unspecified atom stereocenters. The van der Waals surface area contributed by atoms with Crippen molar-refractivity contribution in [2.75, 3.05) is 20.1 Å². The van der Waals surface area contributed by atoms with E-state index in [1.54, 1.807) is 31.7 Å². The van der Waals surface area contributed by atoms with Gasteiger partial charge >= 0.3 is 6.18 Å². The zero-order valence-corrected chi connectivity index (χ0v) is 31.3. The molecule has 284 valence electrons. The maximum Gasteiger partial charge on any atom is 0.416 e. The highest BCUT2D eigenvalue weighted by Gasteiger charge is 2.37. The Morgan fingerprint density at radius 2 is 1.75 bits per heavy atom. The van der Waals surface area contributed by atoms with Crippen LogP contribution in [-0.2, 0) is 39.9 Å². The van der Waals surface area contributed by atoms with Gasteiger partial charge < -0.3 is 26.7 Å². The second-order valence-corrected chi connectivity index (χ2v) is 15.0. The summed E-state index contributed by atoms with van der Waals surface area (Å²) in [5, 5.41) is 4.31. The van der Waals surface area contributed by atoms with E-state index in [0.717, 1.165) is 34.3 Å². The molecule has 2 aromatic heterocycles. The third-order valence-corrected chi connectivity index (χ3v) is 11.6. The minimum absolute atomic E-state index is 0.0576. The van der Waals surface area contributed by atoms with Gasteiger partial charge in [0.1, 0.15) is 0 Å². The van der Waals surface area contributed by atoms with Crippen LogP contribution in [0.25, 0.3) is 10.9 Å². The molecule has 14 heteroatoms.